The normalized spacial score (nSPS) is 20.9. The van der Waals surface area contributed by atoms with Crippen molar-refractivity contribution in [3.8, 4) is 0 Å². The van der Waals surface area contributed by atoms with E-state index in [1.165, 1.54) is 17.1 Å². The van der Waals surface area contributed by atoms with Crippen LogP contribution in [0.2, 0.25) is 0 Å². The van der Waals surface area contributed by atoms with Gasteiger partial charge in [0.25, 0.3) is 10.2 Å². The fraction of sp³-hybridized carbons (Fsp3) is 1.00. The van der Waals surface area contributed by atoms with Gasteiger partial charge in [0, 0.05) is 25.7 Å². The van der Waals surface area contributed by atoms with E-state index in [4.69, 9.17) is 5.73 Å². The summed E-state index contributed by atoms with van der Waals surface area (Å²) in [6, 6.07) is 0. The molecule has 18 heavy (non-hydrogen) atoms. The topological polar surface area (TPSA) is 75.4 Å². The number of likely N-dealkylation sites (N-methyl/N-ethyl adjacent to an activating group) is 1. The van der Waals surface area contributed by atoms with Crippen molar-refractivity contribution < 1.29 is 8.42 Å². The summed E-state index contributed by atoms with van der Waals surface area (Å²) in [6.45, 7) is 2.83. The van der Waals surface area contributed by atoms with E-state index in [9.17, 15) is 8.42 Å². The van der Waals surface area contributed by atoms with Crippen LogP contribution in [0.4, 0.5) is 0 Å². The molecule has 0 spiro atoms. The fourth-order valence-corrected chi connectivity index (χ4v) is 4.04. The van der Waals surface area contributed by atoms with E-state index in [1.54, 1.807) is 7.05 Å². The first kappa shape index (κ1) is 15.9. The van der Waals surface area contributed by atoms with Crippen molar-refractivity contribution >= 4 is 10.2 Å². The Morgan fingerprint density at radius 3 is 2.22 bits per heavy atom. The Kier molecular flexibility index (Phi) is 6.04. The van der Waals surface area contributed by atoms with Gasteiger partial charge in [-0.05, 0) is 19.3 Å². The van der Waals surface area contributed by atoms with Crippen LogP contribution in [0.25, 0.3) is 0 Å². The lowest BCUT2D eigenvalue weighted by Crippen LogP contribution is -2.57. The molecular formula is C12H27N3O2S. The summed E-state index contributed by atoms with van der Waals surface area (Å²) in [4.78, 5) is 0. The Labute approximate surface area is 111 Å². The number of hydrogen-bond acceptors (Lipinski definition) is 3. The van der Waals surface area contributed by atoms with Gasteiger partial charge in [0.15, 0.2) is 0 Å². The van der Waals surface area contributed by atoms with E-state index in [1.807, 2.05) is 6.92 Å². The molecule has 1 aliphatic rings. The maximum absolute atomic E-state index is 12.2. The first-order valence-corrected chi connectivity index (χ1v) is 8.36. The molecule has 0 atom stereocenters. The molecule has 0 radical (unpaired) electrons. The fourth-order valence-electron chi connectivity index (χ4n) is 2.62. The van der Waals surface area contributed by atoms with Crippen molar-refractivity contribution in [2.24, 2.45) is 5.73 Å². The van der Waals surface area contributed by atoms with Crippen LogP contribution in [-0.2, 0) is 10.2 Å². The maximum atomic E-state index is 12.2. The second-order valence-electron chi connectivity index (χ2n) is 5.21. The molecule has 0 aromatic heterocycles. The molecule has 5 nitrogen and oxygen atoms in total. The van der Waals surface area contributed by atoms with E-state index in [0.29, 0.717) is 13.1 Å². The van der Waals surface area contributed by atoms with Crippen molar-refractivity contribution in [2.45, 2.75) is 57.4 Å². The number of hydrogen-bond donors (Lipinski definition) is 2. The van der Waals surface area contributed by atoms with E-state index < -0.39 is 15.7 Å². The molecule has 0 amide bonds. The summed E-state index contributed by atoms with van der Waals surface area (Å²) >= 11 is 0. The van der Waals surface area contributed by atoms with Crippen molar-refractivity contribution in [1.29, 1.82) is 0 Å². The molecule has 108 valence electrons. The largest absolute Gasteiger partial charge is 0.329 e. The van der Waals surface area contributed by atoms with Crippen molar-refractivity contribution in [3.63, 3.8) is 0 Å². The quantitative estimate of drug-likeness (QED) is 0.717. The monoisotopic (exact) mass is 277 g/mol. The van der Waals surface area contributed by atoms with Crippen molar-refractivity contribution in [3.05, 3.63) is 0 Å². The molecule has 0 heterocycles. The summed E-state index contributed by atoms with van der Waals surface area (Å²) in [5, 5.41) is 0. The zero-order valence-electron chi connectivity index (χ0n) is 11.6. The molecule has 0 aliphatic heterocycles. The molecule has 1 aliphatic carbocycles. The second kappa shape index (κ2) is 6.84. The Morgan fingerprint density at radius 2 is 1.78 bits per heavy atom. The average Bonchev–Trinajstić information content (AvgIpc) is 2.61. The van der Waals surface area contributed by atoms with E-state index in [2.05, 4.69) is 4.72 Å². The van der Waals surface area contributed by atoms with Gasteiger partial charge in [-0.1, -0.05) is 32.6 Å². The third-order valence-corrected chi connectivity index (χ3v) is 5.65. The number of rotatable bonds is 6. The third-order valence-electron chi connectivity index (χ3n) is 3.98. The number of nitrogens with zero attached hydrogens (tertiary/aromatic N) is 1. The molecule has 3 N–H and O–H groups in total. The van der Waals surface area contributed by atoms with Gasteiger partial charge >= 0.3 is 0 Å². The molecule has 1 saturated carbocycles. The Hall–Kier alpha value is -0.170. The van der Waals surface area contributed by atoms with Gasteiger partial charge < -0.3 is 5.73 Å². The molecule has 0 saturated heterocycles. The summed E-state index contributed by atoms with van der Waals surface area (Å²) in [5.41, 5.74) is 5.51. The first-order valence-electron chi connectivity index (χ1n) is 6.92. The van der Waals surface area contributed by atoms with E-state index in [-0.39, 0.29) is 0 Å². The standard InChI is InChI=1S/C12H27N3O2S/c1-3-10-14-18(16,17)15(2)12(11-13)8-6-4-5-7-9-12/h14H,3-11,13H2,1-2H3. The lowest BCUT2D eigenvalue weighted by molar-refractivity contribution is 0.194. The molecular weight excluding hydrogens is 250 g/mol. The Bertz CT molecular complexity index is 335. The number of nitrogens with one attached hydrogen (secondary N) is 1. The third kappa shape index (κ3) is 3.66. The molecule has 1 fully saturated rings. The minimum atomic E-state index is -3.41. The highest BCUT2D eigenvalue weighted by atomic mass is 32.2. The Morgan fingerprint density at radius 1 is 1.22 bits per heavy atom. The first-order chi connectivity index (χ1) is 8.48. The van der Waals surface area contributed by atoms with Crippen LogP contribution >= 0.6 is 0 Å². The maximum Gasteiger partial charge on any atom is 0.279 e. The summed E-state index contributed by atoms with van der Waals surface area (Å²) in [5.74, 6) is 0. The van der Waals surface area contributed by atoms with Gasteiger partial charge in [-0.2, -0.15) is 12.7 Å². The van der Waals surface area contributed by atoms with Crippen LogP contribution in [0.1, 0.15) is 51.9 Å². The summed E-state index contributed by atoms with van der Waals surface area (Å²) < 4.78 is 28.6. The predicted molar refractivity (Wildman–Crippen MR) is 74.5 cm³/mol. The van der Waals surface area contributed by atoms with Gasteiger partial charge in [-0.3, -0.25) is 0 Å². The Balaban J connectivity index is 2.85. The second-order valence-corrected chi connectivity index (χ2v) is 7.00. The highest BCUT2D eigenvalue weighted by Gasteiger charge is 2.39. The van der Waals surface area contributed by atoms with E-state index in [0.717, 1.165) is 32.1 Å². The van der Waals surface area contributed by atoms with Gasteiger partial charge in [-0.15, -0.1) is 0 Å². The minimum absolute atomic E-state index is 0.393. The van der Waals surface area contributed by atoms with Gasteiger partial charge in [0.1, 0.15) is 0 Å². The van der Waals surface area contributed by atoms with Crippen LogP contribution < -0.4 is 10.5 Å². The van der Waals surface area contributed by atoms with Gasteiger partial charge in [0.05, 0.1) is 0 Å². The average molecular weight is 277 g/mol. The lowest BCUT2D eigenvalue weighted by atomic mass is 9.90. The number of nitrogens with two attached hydrogens (primary N) is 1. The summed E-state index contributed by atoms with van der Waals surface area (Å²) in [7, 11) is -1.74. The minimum Gasteiger partial charge on any atom is -0.329 e. The van der Waals surface area contributed by atoms with Gasteiger partial charge in [-0.25, -0.2) is 4.72 Å². The molecule has 0 aromatic carbocycles. The zero-order chi connectivity index (χ0) is 13.6. The van der Waals surface area contributed by atoms with Crippen LogP contribution in [0.5, 0.6) is 0 Å². The van der Waals surface area contributed by atoms with Crippen molar-refractivity contribution in [1.82, 2.24) is 9.03 Å². The van der Waals surface area contributed by atoms with E-state index >= 15 is 0 Å². The molecule has 0 unspecified atom stereocenters. The highest BCUT2D eigenvalue weighted by Crippen LogP contribution is 2.32. The van der Waals surface area contributed by atoms with Crippen LogP contribution in [0, 0.1) is 0 Å². The predicted octanol–water partition coefficient (Wildman–Crippen LogP) is 1.21. The van der Waals surface area contributed by atoms with Gasteiger partial charge in [0.2, 0.25) is 0 Å². The van der Waals surface area contributed by atoms with Crippen LogP contribution in [0.3, 0.4) is 0 Å². The van der Waals surface area contributed by atoms with Crippen LogP contribution in [0.15, 0.2) is 0 Å². The highest BCUT2D eigenvalue weighted by molar-refractivity contribution is 7.87. The van der Waals surface area contributed by atoms with Crippen LogP contribution in [-0.4, -0.2) is 38.4 Å². The SMILES string of the molecule is CCCNS(=O)(=O)N(C)C1(CN)CCCCCC1. The lowest BCUT2D eigenvalue weighted by Gasteiger charge is -2.39. The summed E-state index contributed by atoms with van der Waals surface area (Å²) in [6.07, 6.45) is 7.01. The molecule has 0 aromatic rings. The molecule has 1 rings (SSSR count). The smallest absolute Gasteiger partial charge is 0.279 e. The molecule has 6 heteroatoms. The van der Waals surface area contributed by atoms with Crippen molar-refractivity contribution in [2.75, 3.05) is 20.1 Å². The zero-order valence-corrected chi connectivity index (χ0v) is 12.4. The molecule has 0 bridgehead atoms.